The van der Waals surface area contributed by atoms with Gasteiger partial charge in [0.05, 0.1) is 6.04 Å². The van der Waals surface area contributed by atoms with Gasteiger partial charge in [-0.05, 0) is 38.1 Å². The smallest absolute Gasteiger partial charge is 0.239 e. The van der Waals surface area contributed by atoms with Crippen LogP contribution in [0.5, 0.6) is 0 Å². The Morgan fingerprint density at radius 1 is 1.36 bits per heavy atom. The molecule has 1 amide bonds. The summed E-state index contributed by atoms with van der Waals surface area (Å²) in [5, 5.41) is 3.28. The maximum atomic E-state index is 12.0. The molecule has 2 atom stereocenters. The fraction of sp³-hybridized carbons (Fsp3) is 0.909. The highest BCUT2D eigenvalue weighted by atomic mass is 16.2. The molecule has 0 unspecified atom stereocenters. The summed E-state index contributed by atoms with van der Waals surface area (Å²) in [4.78, 5) is 14.1. The van der Waals surface area contributed by atoms with Crippen molar-refractivity contribution in [3.8, 4) is 0 Å². The van der Waals surface area contributed by atoms with Crippen molar-refractivity contribution < 1.29 is 4.79 Å². The zero-order chi connectivity index (χ0) is 9.97. The lowest BCUT2D eigenvalue weighted by Gasteiger charge is -2.32. The molecule has 2 heterocycles. The molecule has 0 bridgehead atoms. The minimum Gasteiger partial charge on any atom is -0.341 e. The molecule has 2 saturated heterocycles. The lowest BCUT2D eigenvalue weighted by Crippen LogP contribution is -2.47. The third kappa shape index (κ3) is 2.08. The van der Waals surface area contributed by atoms with Crippen molar-refractivity contribution in [1.29, 1.82) is 0 Å². The summed E-state index contributed by atoms with van der Waals surface area (Å²) in [6.45, 7) is 5.19. The van der Waals surface area contributed by atoms with Gasteiger partial charge in [0, 0.05) is 13.1 Å². The number of carbonyl (C=O) groups excluding carboxylic acids is 1. The average Bonchev–Trinajstić information content (AvgIpc) is 2.69. The van der Waals surface area contributed by atoms with Gasteiger partial charge in [0.2, 0.25) is 5.91 Å². The Hall–Kier alpha value is -0.570. The van der Waals surface area contributed by atoms with E-state index in [1.807, 2.05) is 0 Å². The van der Waals surface area contributed by atoms with Gasteiger partial charge >= 0.3 is 0 Å². The Labute approximate surface area is 85.8 Å². The van der Waals surface area contributed by atoms with Gasteiger partial charge in [0.25, 0.3) is 0 Å². The van der Waals surface area contributed by atoms with Crippen molar-refractivity contribution in [2.45, 2.75) is 38.6 Å². The molecule has 1 N–H and O–H groups in total. The monoisotopic (exact) mass is 196 g/mol. The molecule has 2 aliphatic heterocycles. The second kappa shape index (κ2) is 4.30. The fourth-order valence-electron chi connectivity index (χ4n) is 2.51. The second-order valence-electron chi connectivity index (χ2n) is 4.68. The maximum Gasteiger partial charge on any atom is 0.239 e. The van der Waals surface area contributed by atoms with Crippen molar-refractivity contribution in [2.24, 2.45) is 5.92 Å². The van der Waals surface area contributed by atoms with Crippen molar-refractivity contribution >= 4 is 5.91 Å². The fourth-order valence-corrected chi connectivity index (χ4v) is 2.51. The van der Waals surface area contributed by atoms with Gasteiger partial charge in [-0.3, -0.25) is 4.79 Å². The highest BCUT2D eigenvalue weighted by Gasteiger charge is 2.28. The summed E-state index contributed by atoms with van der Waals surface area (Å²) in [7, 11) is 0. The second-order valence-corrected chi connectivity index (χ2v) is 4.68. The Balaban J connectivity index is 1.89. The zero-order valence-electron chi connectivity index (χ0n) is 8.96. The number of piperidine rings is 1. The van der Waals surface area contributed by atoms with E-state index < -0.39 is 0 Å². The van der Waals surface area contributed by atoms with E-state index in [0.717, 1.165) is 32.5 Å². The van der Waals surface area contributed by atoms with E-state index in [2.05, 4.69) is 17.1 Å². The van der Waals surface area contributed by atoms with Crippen LogP contribution in [0.25, 0.3) is 0 Å². The predicted molar refractivity (Wildman–Crippen MR) is 56.0 cm³/mol. The van der Waals surface area contributed by atoms with Crippen LogP contribution < -0.4 is 5.32 Å². The van der Waals surface area contributed by atoms with E-state index in [9.17, 15) is 4.79 Å². The largest absolute Gasteiger partial charge is 0.341 e. The molecule has 2 rings (SSSR count). The lowest BCUT2D eigenvalue weighted by molar-refractivity contribution is -0.134. The van der Waals surface area contributed by atoms with Crippen molar-refractivity contribution in [1.82, 2.24) is 10.2 Å². The van der Waals surface area contributed by atoms with Crippen LogP contribution in [-0.2, 0) is 4.79 Å². The van der Waals surface area contributed by atoms with Gasteiger partial charge in [-0.25, -0.2) is 0 Å². The summed E-state index contributed by atoms with van der Waals surface area (Å²) in [5.74, 6) is 1.03. The van der Waals surface area contributed by atoms with Crippen LogP contribution in [-0.4, -0.2) is 36.5 Å². The average molecular weight is 196 g/mol. The summed E-state index contributed by atoms with van der Waals surface area (Å²) in [5.41, 5.74) is 0. The van der Waals surface area contributed by atoms with Crippen LogP contribution in [0, 0.1) is 5.92 Å². The van der Waals surface area contributed by atoms with E-state index in [1.54, 1.807) is 0 Å². The predicted octanol–water partition coefficient (Wildman–Crippen LogP) is 0.997. The quantitative estimate of drug-likeness (QED) is 0.678. The summed E-state index contributed by atoms with van der Waals surface area (Å²) < 4.78 is 0. The highest BCUT2D eigenvalue weighted by molar-refractivity contribution is 5.82. The summed E-state index contributed by atoms with van der Waals surface area (Å²) in [6.07, 6.45) is 4.64. The molecule has 3 heteroatoms. The number of hydrogen-bond donors (Lipinski definition) is 1. The molecule has 0 aromatic rings. The highest BCUT2D eigenvalue weighted by Crippen LogP contribution is 2.18. The standard InChI is InChI=1S/C11H20N2O/c1-9-4-3-7-13(8-9)11(14)10-5-2-6-12-10/h9-10,12H,2-8H2,1H3/t9-,10-/m1/s1. The summed E-state index contributed by atoms with van der Waals surface area (Å²) >= 11 is 0. The van der Waals surface area contributed by atoms with Crippen LogP contribution in [0.2, 0.25) is 0 Å². The molecule has 80 valence electrons. The van der Waals surface area contributed by atoms with Gasteiger partial charge < -0.3 is 10.2 Å². The van der Waals surface area contributed by atoms with Crippen LogP contribution in [0.1, 0.15) is 32.6 Å². The zero-order valence-corrected chi connectivity index (χ0v) is 8.96. The first-order chi connectivity index (χ1) is 6.77. The molecular weight excluding hydrogens is 176 g/mol. The molecular formula is C11H20N2O. The Bertz CT molecular complexity index is 211. The van der Waals surface area contributed by atoms with E-state index >= 15 is 0 Å². The van der Waals surface area contributed by atoms with Gasteiger partial charge in [-0.2, -0.15) is 0 Å². The van der Waals surface area contributed by atoms with Crippen molar-refractivity contribution in [2.75, 3.05) is 19.6 Å². The topological polar surface area (TPSA) is 32.3 Å². The van der Waals surface area contributed by atoms with Crippen molar-refractivity contribution in [3.05, 3.63) is 0 Å². The van der Waals surface area contributed by atoms with E-state index in [1.165, 1.54) is 12.8 Å². The molecule has 0 aromatic heterocycles. The van der Waals surface area contributed by atoms with Crippen LogP contribution in [0.15, 0.2) is 0 Å². The summed E-state index contributed by atoms with van der Waals surface area (Å²) in [6, 6.07) is 0.125. The molecule has 3 nitrogen and oxygen atoms in total. The Kier molecular flexibility index (Phi) is 3.06. The van der Waals surface area contributed by atoms with E-state index in [-0.39, 0.29) is 6.04 Å². The van der Waals surface area contributed by atoms with Crippen molar-refractivity contribution in [3.63, 3.8) is 0 Å². The van der Waals surface area contributed by atoms with E-state index in [4.69, 9.17) is 0 Å². The van der Waals surface area contributed by atoms with Gasteiger partial charge in [0.15, 0.2) is 0 Å². The van der Waals surface area contributed by atoms with Crippen LogP contribution in [0.4, 0.5) is 0 Å². The number of hydrogen-bond acceptors (Lipinski definition) is 2. The van der Waals surface area contributed by atoms with Gasteiger partial charge in [-0.1, -0.05) is 6.92 Å². The molecule has 0 saturated carbocycles. The SMILES string of the molecule is C[C@@H]1CCCN(C(=O)[C@H]2CCCN2)C1. The third-order valence-electron chi connectivity index (χ3n) is 3.33. The molecule has 2 fully saturated rings. The van der Waals surface area contributed by atoms with Gasteiger partial charge in [-0.15, -0.1) is 0 Å². The Morgan fingerprint density at radius 2 is 2.21 bits per heavy atom. The number of amides is 1. The molecule has 0 radical (unpaired) electrons. The molecule has 0 aliphatic carbocycles. The van der Waals surface area contributed by atoms with Crippen LogP contribution >= 0.6 is 0 Å². The number of rotatable bonds is 1. The number of nitrogens with zero attached hydrogens (tertiary/aromatic N) is 1. The minimum absolute atomic E-state index is 0.125. The van der Waals surface area contributed by atoms with Crippen LogP contribution in [0.3, 0.4) is 0 Å². The third-order valence-corrected chi connectivity index (χ3v) is 3.33. The molecule has 14 heavy (non-hydrogen) atoms. The lowest BCUT2D eigenvalue weighted by atomic mass is 9.99. The molecule has 0 aromatic carbocycles. The maximum absolute atomic E-state index is 12.0. The Morgan fingerprint density at radius 3 is 2.86 bits per heavy atom. The normalized spacial score (nSPS) is 33.4. The first kappa shape index (κ1) is 9.97. The number of likely N-dealkylation sites (tertiary alicyclic amines) is 1. The van der Waals surface area contributed by atoms with Gasteiger partial charge in [0.1, 0.15) is 0 Å². The molecule has 0 spiro atoms. The minimum atomic E-state index is 0.125. The first-order valence-electron chi connectivity index (χ1n) is 5.79. The number of nitrogens with one attached hydrogen (secondary N) is 1. The van der Waals surface area contributed by atoms with E-state index in [0.29, 0.717) is 11.8 Å². The molecule has 2 aliphatic rings. The first-order valence-corrected chi connectivity index (χ1v) is 5.79. The number of carbonyl (C=O) groups is 1.